The zero-order chi connectivity index (χ0) is 18.6. The summed E-state index contributed by atoms with van der Waals surface area (Å²) < 4.78 is 17.4. The summed E-state index contributed by atoms with van der Waals surface area (Å²) in [6.45, 7) is 1.63. The van der Waals surface area contributed by atoms with Crippen molar-refractivity contribution in [2.45, 2.75) is 12.7 Å². The molecule has 3 aromatic rings. The van der Waals surface area contributed by atoms with Crippen molar-refractivity contribution in [3.63, 3.8) is 0 Å². The average Bonchev–Trinajstić information content (AvgIpc) is 3.50. The van der Waals surface area contributed by atoms with Gasteiger partial charge in [-0.05, 0) is 23.8 Å². The van der Waals surface area contributed by atoms with E-state index < -0.39 is 0 Å². The van der Waals surface area contributed by atoms with Crippen molar-refractivity contribution >= 4 is 23.2 Å². The number of epoxide rings is 1. The van der Waals surface area contributed by atoms with Crippen LogP contribution in [0.15, 0.2) is 66.7 Å². The van der Waals surface area contributed by atoms with Gasteiger partial charge >= 0.3 is 0 Å². The molecule has 27 heavy (non-hydrogen) atoms. The van der Waals surface area contributed by atoms with Gasteiger partial charge in [-0.1, -0.05) is 71.7 Å². The molecule has 0 radical (unpaired) electrons. The number of rotatable bonds is 7. The number of hydrogen-bond donors (Lipinski definition) is 0. The molecule has 0 aliphatic carbocycles. The molecule has 1 aliphatic rings. The van der Waals surface area contributed by atoms with E-state index >= 15 is 0 Å². The average molecular weight is 401 g/mol. The summed E-state index contributed by atoms with van der Waals surface area (Å²) in [6.07, 6.45) is 0.152. The minimum Gasteiger partial charge on any atom is -0.487 e. The fraction of sp³-hybridized carbons (Fsp3) is 0.182. The standard InChI is InChI=1S/C22H18Cl2O3/c23-18-9-5-10-19(24)21(18)17-8-4-11-20(26-14-16-13-25-16)22(17)27-12-15-6-2-1-3-7-15/h1-11,16H,12-14H2. The van der Waals surface area contributed by atoms with Gasteiger partial charge in [-0.25, -0.2) is 0 Å². The molecule has 1 fully saturated rings. The summed E-state index contributed by atoms with van der Waals surface area (Å²) in [5.41, 5.74) is 2.60. The highest BCUT2D eigenvalue weighted by atomic mass is 35.5. The summed E-state index contributed by atoms with van der Waals surface area (Å²) in [5, 5.41) is 1.13. The summed E-state index contributed by atoms with van der Waals surface area (Å²) in [4.78, 5) is 0. The van der Waals surface area contributed by atoms with Gasteiger partial charge in [0.1, 0.15) is 19.3 Å². The first-order valence-electron chi connectivity index (χ1n) is 8.71. The normalized spacial score (nSPS) is 15.4. The van der Waals surface area contributed by atoms with E-state index in [-0.39, 0.29) is 6.10 Å². The van der Waals surface area contributed by atoms with Crippen molar-refractivity contribution in [3.8, 4) is 22.6 Å². The van der Waals surface area contributed by atoms with E-state index in [1.54, 1.807) is 0 Å². The lowest BCUT2D eigenvalue weighted by Gasteiger charge is -2.18. The van der Waals surface area contributed by atoms with Crippen molar-refractivity contribution in [2.75, 3.05) is 13.2 Å². The lowest BCUT2D eigenvalue weighted by molar-refractivity contribution is 0.238. The second-order valence-corrected chi connectivity index (χ2v) is 7.08. The van der Waals surface area contributed by atoms with Gasteiger partial charge in [0.05, 0.1) is 16.7 Å². The predicted molar refractivity (Wildman–Crippen MR) is 108 cm³/mol. The molecule has 5 heteroatoms. The van der Waals surface area contributed by atoms with Crippen LogP contribution in [0.4, 0.5) is 0 Å². The molecule has 1 atom stereocenters. The summed E-state index contributed by atoms with van der Waals surface area (Å²) >= 11 is 12.9. The third kappa shape index (κ3) is 4.38. The van der Waals surface area contributed by atoms with Crippen LogP contribution >= 0.6 is 23.2 Å². The number of ether oxygens (including phenoxy) is 3. The number of hydrogen-bond acceptors (Lipinski definition) is 3. The Morgan fingerprint density at radius 1 is 0.852 bits per heavy atom. The van der Waals surface area contributed by atoms with E-state index in [4.69, 9.17) is 37.4 Å². The Labute approximate surface area is 168 Å². The Morgan fingerprint density at radius 2 is 1.56 bits per heavy atom. The van der Waals surface area contributed by atoms with Gasteiger partial charge in [-0.15, -0.1) is 0 Å². The molecule has 0 N–H and O–H groups in total. The summed E-state index contributed by atoms with van der Waals surface area (Å²) in [7, 11) is 0. The molecule has 1 unspecified atom stereocenters. The molecule has 0 spiro atoms. The highest BCUT2D eigenvalue weighted by Crippen LogP contribution is 2.44. The predicted octanol–water partition coefficient (Wildman–Crippen LogP) is 6.02. The van der Waals surface area contributed by atoms with Crippen LogP contribution in [0.2, 0.25) is 10.0 Å². The van der Waals surface area contributed by atoms with Crippen LogP contribution in [-0.4, -0.2) is 19.3 Å². The number of para-hydroxylation sites is 1. The fourth-order valence-corrected chi connectivity index (χ4v) is 3.41. The van der Waals surface area contributed by atoms with Crippen LogP contribution < -0.4 is 9.47 Å². The van der Waals surface area contributed by atoms with E-state index in [1.165, 1.54) is 0 Å². The molecule has 0 amide bonds. The van der Waals surface area contributed by atoms with Gasteiger partial charge in [0.15, 0.2) is 11.5 Å². The molecule has 0 bridgehead atoms. The number of benzene rings is 3. The van der Waals surface area contributed by atoms with E-state index in [9.17, 15) is 0 Å². The first-order valence-corrected chi connectivity index (χ1v) is 9.46. The molecular formula is C22H18Cl2O3. The Morgan fingerprint density at radius 3 is 2.26 bits per heavy atom. The highest BCUT2D eigenvalue weighted by molar-refractivity contribution is 6.39. The molecule has 4 rings (SSSR count). The SMILES string of the molecule is Clc1cccc(Cl)c1-c1cccc(OCC2CO2)c1OCc1ccccc1. The van der Waals surface area contributed by atoms with Crippen molar-refractivity contribution in [1.29, 1.82) is 0 Å². The monoisotopic (exact) mass is 400 g/mol. The van der Waals surface area contributed by atoms with Crippen LogP contribution in [0.5, 0.6) is 11.5 Å². The molecule has 1 aliphatic heterocycles. The molecule has 138 valence electrons. The van der Waals surface area contributed by atoms with Gasteiger partial charge in [0.2, 0.25) is 0 Å². The maximum Gasteiger partial charge on any atom is 0.169 e. The van der Waals surface area contributed by atoms with Gasteiger partial charge < -0.3 is 14.2 Å². The first kappa shape index (κ1) is 18.2. The van der Waals surface area contributed by atoms with Crippen LogP contribution in [0.1, 0.15) is 5.56 Å². The molecular weight excluding hydrogens is 383 g/mol. The Kier molecular flexibility index (Phi) is 5.53. The Balaban J connectivity index is 1.71. The largest absolute Gasteiger partial charge is 0.487 e. The lowest BCUT2D eigenvalue weighted by Crippen LogP contribution is -2.07. The van der Waals surface area contributed by atoms with Crippen LogP contribution in [0, 0.1) is 0 Å². The molecule has 0 aromatic heterocycles. The summed E-state index contributed by atoms with van der Waals surface area (Å²) in [6, 6.07) is 21.2. The zero-order valence-corrected chi connectivity index (χ0v) is 16.0. The smallest absolute Gasteiger partial charge is 0.169 e. The van der Waals surface area contributed by atoms with E-state index in [1.807, 2.05) is 66.7 Å². The first-order chi connectivity index (χ1) is 13.2. The topological polar surface area (TPSA) is 31.0 Å². The third-order valence-corrected chi connectivity index (χ3v) is 4.89. The zero-order valence-electron chi connectivity index (χ0n) is 14.5. The lowest BCUT2D eigenvalue weighted by atomic mass is 10.0. The van der Waals surface area contributed by atoms with E-state index in [2.05, 4.69) is 0 Å². The molecule has 3 nitrogen and oxygen atoms in total. The van der Waals surface area contributed by atoms with Crippen LogP contribution in [0.3, 0.4) is 0 Å². The quantitative estimate of drug-likeness (QED) is 0.454. The maximum absolute atomic E-state index is 6.44. The van der Waals surface area contributed by atoms with Crippen LogP contribution in [0.25, 0.3) is 11.1 Å². The van der Waals surface area contributed by atoms with Crippen molar-refractivity contribution in [3.05, 3.63) is 82.3 Å². The molecule has 1 saturated heterocycles. The Bertz CT molecular complexity index is 904. The summed E-state index contributed by atoms with van der Waals surface area (Å²) in [5.74, 6) is 1.27. The molecule has 1 heterocycles. The van der Waals surface area contributed by atoms with Gasteiger partial charge in [-0.3, -0.25) is 0 Å². The highest BCUT2D eigenvalue weighted by Gasteiger charge is 2.25. The number of halogens is 2. The van der Waals surface area contributed by atoms with Gasteiger partial charge in [-0.2, -0.15) is 0 Å². The fourth-order valence-electron chi connectivity index (χ4n) is 2.81. The maximum atomic E-state index is 6.44. The van der Waals surface area contributed by atoms with E-state index in [0.29, 0.717) is 34.8 Å². The van der Waals surface area contributed by atoms with Gasteiger partial charge in [0.25, 0.3) is 0 Å². The van der Waals surface area contributed by atoms with E-state index in [0.717, 1.165) is 23.3 Å². The minimum absolute atomic E-state index is 0.152. The molecule has 3 aromatic carbocycles. The van der Waals surface area contributed by atoms with Gasteiger partial charge in [0, 0.05) is 11.1 Å². The van der Waals surface area contributed by atoms with Crippen molar-refractivity contribution in [2.24, 2.45) is 0 Å². The second-order valence-electron chi connectivity index (χ2n) is 6.27. The minimum atomic E-state index is 0.152. The van der Waals surface area contributed by atoms with Crippen molar-refractivity contribution in [1.82, 2.24) is 0 Å². The molecule has 0 saturated carbocycles. The second kappa shape index (κ2) is 8.22. The van der Waals surface area contributed by atoms with Crippen molar-refractivity contribution < 1.29 is 14.2 Å². The Hall–Kier alpha value is -2.20. The third-order valence-electron chi connectivity index (χ3n) is 4.26. The van der Waals surface area contributed by atoms with Crippen LogP contribution in [-0.2, 0) is 11.3 Å².